The first-order chi connectivity index (χ1) is 9.19. The zero-order chi connectivity index (χ0) is 15.3. The smallest absolute Gasteiger partial charge is 0.414 e. The summed E-state index contributed by atoms with van der Waals surface area (Å²) < 4.78 is 4.99. The van der Waals surface area contributed by atoms with E-state index in [1.54, 1.807) is 32.9 Å². The maximum absolute atomic E-state index is 12.0. The summed E-state index contributed by atoms with van der Waals surface area (Å²) in [5, 5.41) is 13.2. The first kappa shape index (κ1) is 16.0. The van der Waals surface area contributed by atoms with Crippen LogP contribution in [-0.2, 0) is 9.53 Å². The van der Waals surface area contributed by atoms with E-state index in [4.69, 9.17) is 9.84 Å². The molecule has 0 aliphatic heterocycles. The van der Waals surface area contributed by atoms with Crippen LogP contribution in [0.2, 0.25) is 0 Å². The van der Waals surface area contributed by atoms with E-state index in [0.29, 0.717) is 12.8 Å². The van der Waals surface area contributed by atoms with E-state index in [1.807, 2.05) is 0 Å². The summed E-state index contributed by atoms with van der Waals surface area (Å²) in [5.74, 6) is -1.16. The highest BCUT2D eigenvalue weighted by molar-refractivity contribution is 5.94. The van der Waals surface area contributed by atoms with Gasteiger partial charge in [-0.3, -0.25) is 10.1 Å². The molecule has 0 radical (unpaired) electrons. The highest BCUT2D eigenvalue weighted by Crippen LogP contribution is 2.19. The Morgan fingerprint density at radius 1 is 1.20 bits per heavy atom. The van der Waals surface area contributed by atoms with Gasteiger partial charge < -0.3 is 15.2 Å². The second-order valence-corrected chi connectivity index (χ2v) is 5.60. The van der Waals surface area contributed by atoms with Gasteiger partial charge in [0.2, 0.25) is 5.91 Å². The van der Waals surface area contributed by atoms with Crippen LogP contribution in [0.25, 0.3) is 0 Å². The van der Waals surface area contributed by atoms with Crippen LogP contribution < -0.4 is 10.6 Å². The van der Waals surface area contributed by atoms with Gasteiger partial charge in [0, 0.05) is 6.04 Å². The Kier molecular flexibility index (Phi) is 5.12. The summed E-state index contributed by atoms with van der Waals surface area (Å²) in [4.78, 5) is 34.2. The van der Waals surface area contributed by atoms with Crippen molar-refractivity contribution in [2.75, 3.05) is 0 Å². The third kappa shape index (κ3) is 5.29. The molecule has 0 spiro atoms. The lowest BCUT2D eigenvalue weighted by molar-refractivity contribution is -0.125. The highest BCUT2D eigenvalue weighted by Gasteiger charge is 2.31. The molecule has 3 N–H and O–H groups in total. The van der Waals surface area contributed by atoms with E-state index < -0.39 is 35.7 Å². The minimum atomic E-state index is -1.19. The molecule has 1 aliphatic rings. The second kappa shape index (κ2) is 6.40. The van der Waals surface area contributed by atoms with Gasteiger partial charge in [0.25, 0.3) is 0 Å². The molecule has 7 nitrogen and oxygen atoms in total. The molecule has 2 atom stereocenters. The Labute approximate surface area is 117 Å². The van der Waals surface area contributed by atoms with E-state index in [0.717, 1.165) is 0 Å². The van der Waals surface area contributed by atoms with Gasteiger partial charge in [-0.25, -0.2) is 9.59 Å². The third-order valence-electron chi connectivity index (χ3n) is 2.70. The summed E-state index contributed by atoms with van der Waals surface area (Å²) >= 11 is 0. The summed E-state index contributed by atoms with van der Waals surface area (Å²) in [6, 6.07) is -0.542. The number of nitrogens with one attached hydrogen (secondary N) is 2. The van der Waals surface area contributed by atoms with Crippen molar-refractivity contribution in [3.05, 3.63) is 12.2 Å². The van der Waals surface area contributed by atoms with Gasteiger partial charge in [-0.05, 0) is 33.6 Å². The van der Waals surface area contributed by atoms with Crippen LogP contribution in [0.3, 0.4) is 0 Å². The predicted octanol–water partition coefficient (Wildman–Crippen LogP) is 1.64. The molecule has 2 unspecified atom stereocenters. The number of carbonyl (C=O) groups excluding carboxylic acids is 2. The normalized spacial score (nSPS) is 21.9. The fourth-order valence-corrected chi connectivity index (χ4v) is 1.92. The summed E-state index contributed by atoms with van der Waals surface area (Å²) in [5.41, 5.74) is -0.699. The largest absolute Gasteiger partial charge is 0.465 e. The maximum atomic E-state index is 12.0. The lowest BCUT2D eigenvalue weighted by Gasteiger charge is -2.27. The molecule has 0 fully saturated rings. The first-order valence-corrected chi connectivity index (χ1v) is 6.37. The molecule has 0 saturated heterocycles. The number of carbonyl (C=O) groups is 3. The van der Waals surface area contributed by atoms with Crippen molar-refractivity contribution in [3.8, 4) is 0 Å². The van der Waals surface area contributed by atoms with E-state index in [1.165, 1.54) is 0 Å². The van der Waals surface area contributed by atoms with Gasteiger partial charge >= 0.3 is 12.2 Å². The lowest BCUT2D eigenvalue weighted by atomic mass is 9.88. The van der Waals surface area contributed by atoms with Crippen LogP contribution in [-0.4, -0.2) is 34.8 Å². The molecule has 0 saturated carbocycles. The monoisotopic (exact) mass is 284 g/mol. The number of carboxylic acid groups (broad SMARTS) is 1. The van der Waals surface area contributed by atoms with E-state index in [9.17, 15) is 14.4 Å². The topological polar surface area (TPSA) is 105 Å². The molecule has 0 aromatic rings. The van der Waals surface area contributed by atoms with Crippen LogP contribution in [0.15, 0.2) is 12.2 Å². The van der Waals surface area contributed by atoms with Gasteiger partial charge in [0.05, 0.1) is 5.92 Å². The minimum Gasteiger partial charge on any atom is -0.465 e. The molecule has 7 heteroatoms. The number of rotatable bonds is 2. The number of alkyl carbamates (subject to hydrolysis) is 1. The maximum Gasteiger partial charge on any atom is 0.414 e. The van der Waals surface area contributed by atoms with Crippen molar-refractivity contribution >= 4 is 18.1 Å². The van der Waals surface area contributed by atoms with Crippen LogP contribution in [0.1, 0.15) is 33.6 Å². The number of allylic oxidation sites excluding steroid dienone is 1. The van der Waals surface area contributed by atoms with Crippen molar-refractivity contribution in [3.63, 3.8) is 0 Å². The van der Waals surface area contributed by atoms with Crippen molar-refractivity contribution in [1.82, 2.24) is 10.6 Å². The lowest BCUT2D eigenvalue weighted by Crippen LogP contribution is -2.49. The fraction of sp³-hybridized carbons (Fsp3) is 0.615. The molecule has 0 bridgehead atoms. The van der Waals surface area contributed by atoms with E-state index in [-0.39, 0.29) is 0 Å². The minimum absolute atomic E-state index is 0.375. The predicted molar refractivity (Wildman–Crippen MR) is 71.2 cm³/mol. The average Bonchev–Trinajstić information content (AvgIpc) is 2.25. The Morgan fingerprint density at radius 3 is 2.35 bits per heavy atom. The average molecular weight is 284 g/mol. The molecule has 1 aliphatic carbocycles. The van der Waals surface area contributed by atoms with E-state index in [2.05, 4.69) is 10.6 Å². The van der Waals surface area contributed by atoms with Crippen LogP contribution in [0.4, 0.5) is 9.59 Å². The second-order valence-electron chi connectivity index (χ2n) is 5.60. The molecule has 0 aromatic heterocycles. The SMILES string of the molecule is CC(C)(C)OC(=O)NC(=O)C1CC=CCC1NC(=O)O. The number of ether oxygens (including phenoxy) is 1. The molecule has 3 amide bonds. The highest BCUT2D eigenvalue weighted by atomic mass is 16.6. The number of amides is 3. The van der Waals surface area contributed by atoms with Crippen molar-refractivity contribution < 1.29 is 24.2 Å². The molecular formula is C13H20N2O5. The van der Waals surface area contributed by atoms with Gasteiger partial charge in [-0.2, -0.15) is 0 Å². The van der Waals surface area contributed by atoms with Gasteiger partial charge in [-0.1, -0.05) is 12.2 Å². The third-order valence-corrected chi connectivity index (χ3v) is 2.70. The quantitative estimate of drug-likeness (QED) is 0.669. The van der Waals surface area contributed by atoms with E-state index >= 15 is 0 Å². The van der Waals surface area contributed by atoms with Gasteiger partial charge in [-0.15, -0.1) is 0 Å². The van der Waals surface area contributed by atoms with Crippen molar-refractivity contribution in [1.29, 1.82) is 0 Å². The summed E-state index contributed by atoms with van der Waals surface area (Å²) in [7, 11) is 0. The first-order valence-electron chi connectivity index (χ1n) is 6.37. The Bertz CT molecular complexity index is 425. The van der Waals surface area contributed by atoms with Gasteiger partial charge in [0.1, 0.15) is 5.60 Å². The Balaban J connectivity index is 2.62. The van der Waals surface area contributed by atoms with Crippen LogP contribution in [0, 0.1) is 5.92 Å². The molecular weight excluding hydrogens is 264 g/mol. The zero-order valence-electron chi connectivity index (χ0n) is 11.8. The van der Waals surface area contributed by atoms with Crippen molar-refractivity contribution in [2.24, 2.45) is 5.92 Å². The molecule has 0 aromatic carbocycles. The molecule has 20 heavy (non-hydrogen) atoms. The number of hydrogen-bond donors (Lipinski definition) is 3. The van der Waals surface area contributed by atoms with Crippen LogP contribution >= 0.6 is 0 Å². The fourth-order valence-electron chi connectivity index (χ4n) is 1.92. The number of imide groups is 1. The molecule has 0 heterocycles. The Morgan fingerprint density at radius 2 is 1.80 bits per heavy atom. The number of hydrogen-bond acceptors (Lipinski definition) is 4. The summed E-state index contributed by atoms with van der Waals surface area (Å²) in [6.07, 6.45) is 2.36. The zero-order valence-corrected chi connectivity index (χ0v) is 11.8. The van der Waals surface area contributed by atoms with Crippen LogP contribution in [0.5, 0.6) is 0 Å². The standard InChI is InChI=1S/C13H20N2O5/c1-13(2,3)20-12(19)15-10(16)8-6-4-5-7-9(8)14-11(17)18/h4-5,8-9,14H,6-7H2,1-3H3,(H,17,18)(H,15,16,19). The van der Waals surface area contributed by atoms with Gasteiger partial charge in [0.15, 0.2) is 0 Å². The molecule has 112 valence electrons. The van der Waals surface area contributed by atoms with Crippen molar-refractivity contribution in [2.45, 2.75) is 45.3 Å². The Hall–Kier alpha value is -2.05. The molecule has 1 rings (SSSR count). The summed E-state index contributed by atoms with van der Waals surface area (Å²) in [6.45, 7) is 5.07.